The van der Waals surface area contributed by atoms with Gasteiger partial charge in [-0.2, -0.15) is 0 Å². The number of halogens is 2. The van der Waals surface area contributed by atoms with Gasteiger partial charge in [0.15, 0.2) is 12.4 Å². The van der Waals surface area contributed by atoms with Crippen molar-refractivity contribution in [3.63, 3.8) is 0 Å². The fraction of sp³-hybridized carbons (Fsp3) is 0.391. The summed E-state index contributed by atoms with van der Waals surface area (Å²) in [5.74, 6) is -0.432. The number of Topliss-reactive ketones (excluding diaryl/α,β-unsaturated/α-hetero) is 1. The van der Waals surface area contributed by atoms with Crippen molar-refractivity contribution in [1.82, 2.24) is 5.32 Å². The minimum Gasteiger partial charge on any atom is -0.484 e. The molecular formula is C23H24ClFN2O3. The maximum absolute atomic E-state index is 13.4. The number of nitrogens with one attached hydrogen (secondary N) is 1. The molecule has 0 unspecified atom stereocenters. The SMILES string of the molecule is CN(C)c1cccc(C(=O)CC23CC(NC(=O)COc4ccc(Cl)c(F)c4)(C2)C3)c1. The summed E-state index contributed by atoms with van der Waals surface area (Å²) in [4.78, 5) is 26.9. The maximum Gasteiger partial charge on any atom is 0.258 e. The predicted octanol–water partition coefficient (Wildman–Crippen LogP) is 4.24. The Balaban J connectivity index is 1.25. The Kier molecular flexibility index (Phi) is 5.22. The van der Waals surface area contributed by atoms with Crippen molar-refractivity contribution in [3.8, 4) is 5.75 Å². The first-order valence-corrected chi connectivity index (χ1v) is 10.3. The summed E-state index contributed by atoms with van der Waals surface area (Å²) >= 11 is 5.64. The fourth-order valence-corrected chi connectivity index (χ4v) is 4.88. The third-order valence-electron chi connectivity index (χ3n) is 6.03. The molecule has 3 aliphatic carbocycles. The summed E-state index contributed by atoms with van der Waals surface area (Å²) < 4.78 is 18.8. The molecule has 0 aliphatic heterocycles. The number of carbonyl (C=O) groups is 2. The standard InChI is InChI=1S/C23H24ClFN2O3/c1-27(2)16-5-3-4-15(8-16)20(28)10-22-12-23(13-22,14-22)26-21(29)11-30-17-6-7-18(24)19(25)9-17/h3-9H,10-14H2,1-2H3,(H,26,29). The van der Waals surface area contributed by atoms with Crippen molar-refractivity contribution in [3.05, 3.63) is 58.9 Å². The molecule has 30 heavy (non-hydrogen) atoms. The van der Waals surface area contributed by atoms with Crippen LogP contribution in [0, 0.1) is 11.2 Å². The molecule has 5 rings (SSSR count). The van der Waals surface area contributed by atoms with Crippen molar-refractivity contribution >= 4 is 29.0 Å². The number of hydrogen-bond donors (Lipinski definition) is 1. The lowest BCUT2D eigenvalue weighted by Crippen LogP contribution is -2.75. The average molecular weight is 431 g/mol. The second-order valence-electron chi connectivity index (χ2n) is 8.77. The number of rotatable bonds is 8. The fourth-order valence-electron chi connectivity index (χ4n) is 4.77. The lowest BCUT2D eigenvalue weighted by atomic mass is 9.38. The van der Waals surface area contributed by atoms with E-state index < -0.39 is 5.82 Å². The highest BCUT2D eigenvalue weighted by Gasteiger charge is 2.68. The second kappa shape index (κ2) is 7.58. The number of hydrogen-bond acceptors (Lipinski definition) is 4. The van der Waals surface area contributed by atoms with Gasteiger partial charge in [-0.3, -0.25) is 9.59 Å². The van der Waals surface area contributed by atoms with Gasteiger partial charge in [-0.25, -0.2) is 4.39 Å². The summed E-state index contributed by atoms with van der Waals surface area (Å²) in [6.07, 6.45) is 2.92. The highest BCUT2D eigenvalue weighted by molar-refractivity contribution is 6.30. The van der Waals surface area contributed by atoms with E-state index in [0.29, 0.717) is 6.42 Å². The second-order valence-corrected chi connectivity index (χ2v) is 9.18. The smallest absolute Gasteiger partial charge is 0.258 e. The molecule has 0 atom stereocenters. The largest absolute Gasteiger partial charge is 0.484 e. The molecule has 2 bridgehead atoms. The molecule has 0 aromatic heterocycles. The molecule has 7 heteroatoms. The predicted molar refractivity (Wildman–Crippen MR) is 114 cm³/mol. The Hall–Kier alpha value is -2.60. The lowest BCUT2D eigenvalue weighted by molar-refractivity contribution is -0.164. The van der Waals surface area contributed by atoms with Crippen LogP contribution in [0.25, 0.3) is 0 Å². The Morgan fingerprint density at radius 1 is 1.17 bits per heavy atom. The molecule has 0 spiro atoms. The number of amides is 1. The molecule has 3 saturated carbocycles. The summed E-state index contributed by atoms with van der Waals surface area (Å²) in [7, 11) is 3.90. The molecule has 158 valence electrons. The van der Waals surface area contributed by atoms with Gasteiger partial charge in [0.05, 0.1) is 5.02 Å². The van der Waals surface area contributed by atoms with Crippen LogP contribution in [0.5, 0.6) is 5.75 Å². The van der Waals surface area contributed by atoms with E-state index in [4.69, 9.17) is 16.3 Å². The van der Waals surface area contributed by atoms with Crippen LogP contribution in [0.15, 0.2) is 42.5 Å². The molecule has 2 aromatic rings. The third kappa shape index (κ3) is 4.01. The molecule has 3 aliphatic rings. The first-order valence-electron chi connectivity index (χ1n) is 9.89. The Morgan fingerprint density at radius 3 is 2.57 bits per heavy atom. The van der Waals surface area contributed by atoms with Crippen LogP contribution in [0.4, 0.5) is 10.1 Å². The van der Waals surface area contributed by atoms with Gasteiger partial charge in [0.2, 0.25) is 0 Å². The number of ketones is 1. The average Bonchev–Trinajstić information content (AvgIpc) is 2.66. The van der Waals surface area contributed by atoms with Crippen LogP contribution in [-0.2, 0) is 4.79 Å². The van der Waals surface area contributed by atoms with E-state index in [2.05, 4.69) is 5.32 Å². The molecule has 0 heterocycles. The van der Waals surface area contributed by atoms with E-state index in [9.17, 15) is 14.0 Å². The number of anilines is 1. The van der Waals surface area contributed by atoms with Crippen molar-refractivity contribution in [2.75, 3.05) is 25.6 Å². The van der Waals surface area contributed by atoms with Gasteiger partial charge >= 0.3 is 0 Å². The van der Waals surface area contributed by atoms with Gasteiger partial charge in [-0.1, -0.05) is 23.7 Å². The monoisotopic (exact) mass is 430 g/mol. The Bertz CT molecular complexity index is 988. The zero-order chi connectivity index (χ0) is 21.5. The molecular weight excluding hydrogens is 407 g/mol. The van der Waals surface area contributed by atoms with Gasteiger partial charge < -0.3 is 15.0 Å². The first kappa shape index (κ1) is 20.7. The minimum absolute atomic E-state index is 0.00134. The Morgan fingerprint density at radius 2 is 1.90 bits per heavy atom. The van der Waals surface area contributed by atoms with Crippen LogP contribution in [0.2, 0.25) is 5.02 Å². The topological polar surface area (TPSA) is 58.6 Å². The van der Waals surface area contributed by atoms with Gasteiger partial charge in [-0.05, 0) is 48.9 Å². The van der Waals surface area contributed by atoms with Crippen LogP contribution in [0.1, 0.15) is 36.0 Å². The molecule has 1 amide bonds. The van der Waals surface area contributed by atoms with Gasteiger partial charge in [-0.15, -0.1) is 0 Å². The molecule has 0 saturated heterocycles. The quantitative estimate of drug-likeness (QED) is 0.636. The summed E-state index contributed by atoms with van der Waals surface area (Å²) in [6.45, 7) is -0.188. The minimum atomic E-state index is -0.586. The summed E-state index contributed by atoms with van der Waals surface area (Å²) in [5.41, 5.74) is 1.51. The van der Waals surface area contributed by atoms with Crippen LogP contribution >= 0.6 is 11.6 Å². The van der Waals surface area contributed by atoms with Crippen molar-refractivity contribution in [1.29, 1.82) is 0 Å². The summed E-state index contributed by atoms with van der Waals surface area (Å²) in [5, 5.41) is 3.02. The van der Waals surface area contributed by atoms with E-state index in [1.807, 2.05) is 43.3 Å². The van der Waals surface area contributed by atoms with E-state index in [1.165, 1.54) is 12.1 Å². The maximum atomic E-state index is 13.4. The molecule has 2 aromatic carbocycles. The third-order valence-corrected chi connectivity index (χ3v) is 6.33. The molecule has 0 radical (unpaired) electrons. The van der Waals surface area contributed by atoms with Crippen LogP contribution < -0.4 is 15.0 Å². The van der Waals surface area contributed by atoms with E-state index >= 15 is 0 Å². The molecule has 5 nitrogen and oxygen atoms in total. The van der Waals surface area contributed by atoms with Crippen LogP contribution in [0.3, 0.4) is 0 Å². The molecule has 3 fully saturated rings. The first-order chi connectivity index (χ1) is 14.2. The van der Waals surface area contributed by atoms with E-state index in [0.717, 1.165) is 36.6 Å². The number of nitrogens with zero attached hydrogens (tertiary/aromatic N) is 1. The van der Waals surface area contributed by atoms with Crippen LogP contribution in [-0.4, -0.2) is 37.9 Å². The highest BCUT2D eigenvalue weighted by atomic mass is 35.5. The van der Waals surface area contributed by atoms with Gasteiger partial charge in [0.1, 0.15) is 11.6 Å². The van der Waals surface area contributed by atoms with Crippen molar-refractivity contribution < 1.29 is 18.7 Å². The number of ether oxygens (including phenoxy) is 1. The van der Waals surface area contributed by atoms with Crippen molar-refractivity contribution in [2.45, 2.75) is 31.2 Å². The highest BCUT2D eigenvalue weighted by Crippen LogP contribution is 2.69. The lowest BCUT2D eigenvalue weighted by Gasteiger charge is -2.70. The normalized spacial score (nSPS) is 23.7. The van der Waals surface area contributed by atoms with Gasteiger partial charge in [0.25, 0.3) is 5.91 Å². The number of carbonyl (C=O) groups excluding carboxylic acids is 2. The Labute approximate surface area is 180 Å². The van der Waals surface area contributed by atoms with Gasteiger partial charge in [0, 0.05) is 43.4 Å². The zero-order valence-corrected chi connectivity index (χ0v) is 17.8. The van der Waals surface area contributed by atoms with E-state index in [-0.39, 0.29) is 40.0 Å². The van der Waals surface area contributed by atoms with E-state index in [1.54, 1.807) is 0 Å². The molecule has 1 N–H and O–H groups in total. The summed E-state index contributed by atoms with van der Waals surface area (Å²) in [6, 6.07) is 11.7. The number of benzene rings is 2. The van der Waals surface area contributed by atoms with Crippen molar-refractivity contribution in [2.24, 2.45) is 5.41 Å². The zero-order valence-electron chi connectivity index (χ0n) is 17.0.